The average molecular weight is 246 g/mol. The van der Waals surface area contributed by atoms with Crippen molar-refractivity contribution in [1.29, 1.82) is 0 Å². The number of rotatable bonds is 3. The fraction of sp³-hybridized carbons (Fsp3) is 0.500. The molecule has 3 rings (SSSR count). The monoisotopic (exact) mass is 246 g/mol. The molecule has 1 aromatic carbocycles. The normalized spacial score (nSPS) is 16.8. The van der Waals surface area contributed by atoms with Crippen LogP contribution in [0.15, 0.2) is 18.2 Å². The third-order valence-electron chi connectivity index (χ3n) is 3.54. The van der Waals surface area contributed by atoms with Crippen LogP contribution in [0.3, 0.4) is 0 Å². The van der Waals surface area contributed by atoms with Crippen LogP contribution in [0.4, 0.5) is 5.13 Å². The van der Waals surface area contributed by atoms with Crippen molar-refractivity contribution in [3.8, 4) is 0 Å². The number of nitrogens with one attached hydrogen (secondary N) is 1. The van der Waals surface area contributed by atoms with Crippen LogP contribution in [0.2, 0.25) is 0 Å². The number of hydrogen-bond acceptors (Lipinski definition) is 3. The first kappa shape index (κ1) is 11.0. The standard InChI is InChI=1S/C14H18N2S/c1-2-10-7-8-12-13(9-10)17-14(16-12)15-11-5-3-4-6-11/h7-9,11H,2-6H2,1H3,(H,15,16). The third-order valence-corrected chi connectivity index (χ3v) is 4.49. The number of nitrogens with zero attached hydrogens (tertiary/aromatic N) is 1. The minimum atomic E-state index is 0.654. The van der Waals surface area contributed by atoms with Gasteiger partial charge in [0.1, 0.15) is 0 Å². The molecule has 90 valence electrons. The Labute approximate surface area is 106 Å². The Morgan fingerprint density at radius 2 is 2.18 bits per heavy atom. The van der Waals surface area contributed by atoms with E-state index in [0.717, 1.165) is 17.1 Å². The van der Waals surface area contributed by atoms with E-state index in [1.54, 1.807) is 11.3 Å². The van der Waals surface area contributed by atoms with Crippen LogP contribution < -0.4 is 5.32 Å². The summed E-state index contributed by atoms with van der Waals surface area (Å²) in [6.07, 6.45) is 6.43. The Kier molecular flexibility index (Phi) is 3.02. The first-order chi connectivity index (χ1) is 8.35. The van der Waals surface area contributed by atoms with Crippen LogP contribution in [0.25, 0.3) is 10.2 Å². The van der Waals surface area contributed by atoms with Crippen molar-refractivity contribution in [3.63, 3.8) is 0 Å². The molecule has 0 spiro atoms. The fourth-order valence-corrected chi connectivity index (χ4v) is 3.50. The number of fused-ring (bicyclic) bond motifs is 1. The number of benzene rings is 1. The lowest BCUT2D eigenvalue weighted by Gasteiger charge is -2.09. The molecule has 1 saturated carbocycles. The number of aromatic nitrogens is 1. The van der Waals surface area contributed by atoms with Gasteiger partial charge in [0, 0.05) is 6.04 Å². The summed E-state index contributed by atoms with van der Waals surface area (Å²) >= 11 is 1.79. The highest BCUT2D eigenvalue weighted by atomic mass is 32.1. The fourth-order valence-electron chi connectivity index (χ4n) is 2.50. The Hall–Kier alpha value is -1.09. The molecule has 0 unspecified atom stereocenters. The predicted octanol–water partition coefficient (Wildman–Crippen LogP) is 4.21. The zero-order valence-corrected chi connectivity index (χ0v) is 11.0. The Bertz CT molecular complexity index is 512. The second kappa shape index (κ2) is 4.65. The summed E-state index contributed by atoms with van der Waals surface area (Å²) in [4.78, 5) is 4.66. The molecule has 3 heteroatoms. The van der Waals surface area contributed by atoms with Gasteiger partial charge in [0.05, 0.1) is 10.2 Å². The van der Waals surface area contributed by atoms with Crippen LogP contribution in [0.5, 0.6) is 0 Å². The molecule has 2 nitrogen and oxygen atoms in total. The highest BCUT2D eigenvalue weighted by Gasteiger charge is 2.16. The maximum absolute atomic E-state index is 4.66. The minimum absolute atomic E-state index is 0.654. The summed E-state index contributed by atoms with van der Waals surface area (Å²) < 4.78 is 1.31. The van der Waals surface area contributed by atoms with Crippen molar-refractivity contribution in [2.75, 3.05) is 5.32 Å². The molecule has 1 N–H and O–H groups in total. The highest BCUT2D eigenvalue weighted by Crippen LogP contribution is 2.29. The van der Waals surface area contributed by atoms with Crippen LogP contribution >= 0.6 is 11.3 Å². The zero-order valence-electron chi connectivity index (χ0n) is 10.2. The van der Waals surface area contributed by atoms with Crippen molar-refractivity contribution in [2.45, 2.75) is 45.1 Å². The van der Waals surface area contributed by atoms with Gasteiger partial charge in [-0.2, -0.15) is 0 Å². The van der Waals surface area contributed by atoms with E-state index < -0.39 is 0 Å². The smallest absolute Gasteiger partial charge is 0.184 e. The Morgan fingerprint density at radius 1 is 1.35 bits per heavy atom. The number of hydrogen-bond donors (Lipinski definition) is 1. The first-order valence-corrected chi connectivity index (χ1v) is 7.33. The van der Waals surface area contributed by atoms with E-state index in [9.17, 15) is 0 Å². The number of thiazole rings is 1. The molecule has 0 bridgehead atoms. The largest absolute Gasteiger partial charge is 0.359 e. The maximum atomic E-state index is 4.66. The van der Waals surface area contributed by atoms with Gasteiger partial charge in [-0.25, -0.2) is 4.98 Å². The van der Waals surface area contributed by atoms with E-state index in [2.05, 4.69) is 35.4 Å². The van der Waals surface area contributed by atoms with Crippen LogP contribution in [-0.4, -0.2) is 11.0 Å². The van der Waals surface area contributed by atoms with Gasteiger partial charge < -0.3 is 5.32 Å². The van der Waals surface area contributed by atoms with Crippen molar-refractivity contribution in [3.05, 3.63) is 23.8 Å². The lowest BCUT2D eigenvalue weighted by molar-refractivity contribution is 0.754. The van der Waals surface area contributed by atoms with Crippen LogP contribution in [0.1, 0.15) is 38.2 Å². The van der Waals surface area contributed by atoms with Crippen molar-refractivity contribution in [2.24, 2.45) is 0 Å². The van der Waals surface area contributed by atoms with Gasteiger partial charge >= 0.3 is 0 Å². The second-order valence-electron chi connectivity index (χ2n) is 4.80. The van der Waals surface area contributed by atoms with Gasteiger partial charge in [0.25, 0.3) is 0 Å². The summed E-state index contributed by atoms with van der Waals surface area (Å²) in [5.74, 6) is 0. The third kappa shape index (κ3) is 2.29. The lowest BCUT2D eigenvalue weighted by atomic mass is 10.2. The SMILES string of the molecule is CCc1ccc2nc(NC3CCCC3)sc2c1. The average Bonchev–Trinajstić information content (AvgIpc) is 2.96. The summed E-state index contributed by atoms with van der Waals surface area (Å²) in [5.41, 5.74) is 2.53. The highest BCUT2D eigenvalue weighted by molar-refractivity contribution is 7.22. The zero-order chi connectivity index (χ0) is 11.7. The lowest BCUT2D eigenvalue weighted by Crippen LogP contribution is -2.13. The molecule has 1 aromatic heterocycles. The molecule has 1 aliphatic rings. The quantitative estimate of drug-likeness (QED) is 0.877. The maximum Gasteiger partial charge on any atom is 0.184 e. The molecular weight excluding hydrogens is 228 g/mol. The molecule has 0 radical (unpaired) electrons. The summed E-state index contributed by atoms with van der Waals surface area (Å²) in [5, 5.41) is 4.67. The molecule has 0 aliphatic heterocycles. The van der Waals surface area contributed by atoms with Crippen LogP contribution in [0, 0.1) is 0 Å². The van der Waals surface area contributed by atoms with Gasteiger partial charge in [0.2, 0.25) is 0 Å². The van der Waals surface area contributed by atoms with E-state index in [0.29, 0.717) is 6.04 Å². The molecule has 1 heterocycles. The van der Waals surface area contributed by atoms with Gasteiger partial charge in [-0.15, -0.1) is 0 Å². The molecule has 0 amide bonds. The molecule has 0 saturated heterocycles. The number of anilines is 1. The molecular formula is C14H18N2S. The summed E-state index contributed by atoms with van der Waals surface area (Å²) in [7, 11) is 0. The van der Waals surface area contributed by atoms with E-state index in [1.165, 1.54) is 35.9 Å². The Balaban J connectivity index is 1.85. The van der Waals surface area contributed by atoms with Crippen molar-refractivity contribution < 1.29 is 0 Å². The van der Waals surface area contributed by atoms with E-state index >= 15 is 0 Å². The molecule has 2 aromatic rings. The summed E-state index contributed by atoms with van der Waals surface area (Å²) in [6, 6.07) is 7.25. The molecule has 1 fully saturated rings. The molecule has 17 heavy (non-hydrogen) atoms. The van der Waals surface area contributed by atoms with Gasteiger partial charge in [-0.1, -0.05) is 37.2 Å². The topological polar surface area (TPSA) is 24.9 Å². The number of aryl methyl sites for hydroxylation is 1. The summed E-state index contributed by atoms with van der Waals surface area (Å²) in [6.45, 7) is 2.19. The van der Waals surface area contributed by atoms with Gasteiger partial charge in [0.15, 0.2) is 5.13 Å². The second-order valence-corrected chi connectivity index (χ2v) is 5.83. The van der Waals surface area contributed by atoms with E-state index in [1.807, 2.05) is 0 Å². The van der Waals surface area contributed by atoms with Crippen molar-refractivity contribution >= 4 is 26.7 Å². The predicted molar refractivity (Wildman–Crippen MR) is 74.9 cm³/mol. The first-order valence-electron chi connectivity index (χ1n) is 6.51. The van der Waals surface area contributed by atoms with Crippen molar-refractivity contribution in [1.82, 2.24) is 4.98 Å². The molecule has 0 atom stereocenters. The minimum Gasteiger partial charge on any atom is -0.359 e. The molecule has 1 aliphatic carbocycles. The van der Waals surface area contributed by atoms with Crippen LogP contribution in [-0.2, 0) is 6.42 Å². The van der Waals surface area contributed by atoms with E-state index in [-0.39, 0.29) is 0 Å². The Morgan fingerprint density at radius 3 is 2.94 bits per heavy atom. The van der Waals surface area contributed by atoms with E-state index in [4.69, 9.17) is 0 Å². The van der Waals surface area contributed by atoms with Gasteiger partial charge in [-0.05, 0) is 37.0 Å². The van der Waals surface area contributed by atoms with Gasteiger partial charge in [-0.3, -0.25) is 0 Å².